The standard InChI is InChI=1S/C15H17N3O3/c1-21-12-4-2-3-10(7-12)14-13(8-16-17-14)15(20)18-6-5-11(19)9-18/h2-4,7-8,11,19H,5-6,9H2,1H3,(H,16,17). The Labute approximate surface area is 122 Å². The number of aliphatic hydroxyl groups is 1. The third-order valence-corrected chi connectivity index (χ3v) is 3.68. The topological polar surface area (TPSA) is 78.5 Å². The number of aromatic amines is 1. The number of benzene rings is 1. The van der Waals surface area contributed by atoms with Gasteiger partial charge in [0.15, 0.2) is 0 Å². The number of amides is 1. The number of aromatic nitrogens is 2. The minimum absolute atomic E-state index is 0.113. The number of H-pyrrole nitrogens is 1. The van der Waals surface area contributed by atoms with Gasteiger partial charge < -0.3 is 14.7 Å². The maximum atomic E-state index is 12.5. The lowest BCUT2D eigenvalue weighted by molar-refractivity contribution is 0.0766. The molecule has 1 fully saturated rings. The highest BCUT2D eigenvalue weighted by Gasteiger charge is 2.27. The Kier molecular flexibility index (Phi) is 3.62. The smallest absolute Gasteiger partial charge is 0.257 e. The Bertz CT molecular complexity index is 653. The summed E-state index contributed by atoms with van der Waals surface area (Å²) in [4.78, 5) is 14.2. The number of nitrogens with one attached hydrogen (secondary N) is 1. The van der Waals surface area contributed by atoms with Gasteiger partial charge in [0, 0.05) is 18.7 Å². The molecule has 3 rings (SSSR count). The molecule has 1 atom stereocenters. The molecule has 6 heteroatoms. The summed E-state index contributed by atoms with van der Waals surface area (Å²) in [6.07, 6.45) is 1.72. The molecule has 1 aliphatic rings. The van der Waals surface area contributed by atoms with Gasteiger partial charge in [0.05, 0.1) is 30.7 Å². The number of carbonyl (C=O) groups excluding carboxylic acids is 1. The predicted octanol–water partition coefficient (Wildman–Crippen LogP) is 1.29. The van der Waals surface area contributed by atoms with Crippen molar-refractivity contribution in [1.29, 1.82) is 0 Å². The van der Waals surface area contributed by atoms with Gasteiger partial charge in [-0.2, -0.15) is 5.10 Å². The van der Waals surface area contributed by atoms with Crippen molar-refractivity contribution in [3.8, 4) is 17.0 Å². The first kappa shape index (κ1) is 13.6. The molecule has 110 valence electrons. The number of rotatable bonds is 3. The van der Waals surface area contributed by atoms with Gasteiger partial charge >= 0.3 is 0 Å². The SMILES string of the molecule is COc1cccc(-c2[nH]ncc2C(=O)N2CCC(O)C2)c1. The van der Waals surface area contributed by atoms with Crippen molar-refractivity contribution in [2.45, 2.75) is 12.5 Å². The molecule has 2 aromatic rings. The molecule has 1 unspecified atom stereocenters. The molecule has 21 heavy (non-hydrogen) atoms. The molecule has 1 amide bonds. The second-order valence-electron chi connectivity index (χ2n) is 5.08. The van der Waals surface area contributed by atoms with Crippen molar-refractivity contribution in [3.05, 3.63) is 36.0 Å². The van der Waals surface area contributed by atoms with Crippen LogP contribution >= 0.6 is 0 Å². The fourth-order valence-corrected chi connectivity index (χ4v) is 2.54. The van der Waals surface area contributed by atoms with Crippen LogP contribution in [0.2, 0.25) is 0 Å². The van der Waals surface area contributed by atoms with Crippen LogP contribution in [0, 0.1) is 0 Å². The van der Waals surface area contributed by atoms with Gasteiger partial charge in [0.25, 0.3) is 5.91 Å². The first-order valence-corrected chi connectivity index (χ1v) is 6.84. The number of nitrogens with zero attached hydrogens (tertiary/aromatic N) is 2. The van der Waals surface area contributed by atoms with Gasteiger partial charge in [0.2, 0.25) is 0 Å². The molecule has 6 nitrogen and oxygen atoms in total. The Hall–Kier alpha value is -2.34. The summed E-state index contributed by atoms with van der Waals surface area (Å²) in [7, 11) is 1.60. The van der Waals surface area contributed by atoms with E-state index < -0.39 is 6.10 Å². The van der Waals surface area contributed by atoms with Crippen LogP contribution in [0.5, 0.6) is 5.75 Å². The van der Waals surface area contributed by atoms with Crippen LogP contribution in [0.25, 0.3) is 11.3 Å². The average molecular weight is 287 g/mol. The van der Waals surface area contributed by atoms with Crippen LogP contribution in [-0.4, -0.2) is 52.4 Å². The van der Waals surface area contributed by atoms with Crippen molar-refractivity contribution in [2.24, 2.45) is 0 Å². The summed E-state index contributed by atoms with van der Waals surface area (Å²) in [6.45, 7) is 0.949. The second kappa shape index (κ2) is 5.57. The molecule has 1 aromatic carbocycles. The average Bonchev–Trinajstić information content (AvgIpc) is 3.15. The fraction of sp³-hybridized carbons (Fsp3) is 0.333. The van der Waals surface area contributed by atoms with E-state index in [4.69, 9.17) is 4.74 Å². The lowest BCUT2D eigenvalue weighted by Crippen LogP contribution is -2.29. The lowest BCUT2D eigenvalue weighted by atomic mass is 10.1. The Balaban J connectivity index is 1.91. The van der Waals surface area contributed by atoms with Gasteiger partial charge in [-0.3, -0.25) is 9.89 Å². The molecule has 1 saturated heterocycles. The number of aliphatic hydroxyl groups excluding tert-OH is 1. The molecular weight excluding hydrogens is 270 g/mol. The van der Waals surface area contributed by atoms with Crippen LogP contribution in [0.4, 0.5) is 0 Å². The van der Waals surface area contributed by atoms with Crippen molar-refractivity contribution in [2.75, 3.05) is 20.2 Å². The van der Waals surface area contributed by atoms with Crippen molar-refractivity contribution < 1.29 is 14.6 Å². The van der Waals surface area contributed by atoms with Gasteiger partial charge in [-0.1, -0.05) is 12.1 Å². The maximum Gasteiger partial charge on any atom is 0.257 e. The van der Waals surface area contributed by atoms with Crippen molar-refractivity contribution in [1.82, 2.24) is 15.1 Å². The Morgan fingerprint density at radius 1 is 1.52 bits per heavy atom. The number of methoxy groups -OCH3 is 1. The van der Waals surface area contributed by atoms with Gasteiger partial charge in [0.1, 0.15) is 5.75 Å². The number of hydrogen-bond donors (Lipinski definition) is 2. The summed E-state index contributed by atoms with van der Waals surface area (Å²) in [5, 5.41) is 16.4. The summed E-state index contributed by atoms with van der Waals surface area (Å²) in [6, 6.07) is 7.45. The van der Waals surface area contributed by atoms with Gasteiger partial charge in [-0.05, 0) is 18.6 Å². The van der Waals surface area contributed by atoms with Gasteiger partial charge in [-0.25, -0.2) is 0 Å². The second-order valence-corrected chi connectivity index (χ2v) is 5.08. The highest BCUT2D eigenvalue weighted by molar-refractivity contribution is 6.00. The summed E-state index contributed by atoms with van der Waals surface area (Å²) in [5.41, 5.74) is 2.02. The molecule has 0 aliphatic carbocycles. The number of likely N-dealkylation sites (tertiary alicyclic amines) is 1. The van der Waals surface area contributed by atoms with E-state index in [2.05, 4.69) is 10.2 Å². The van der Waals surface area contributed by atoms with E-state index in [0.717, 1.165) is 11.3 Å². The van der Waals surface area contributed by atoms with E-state index in [1.807, 2.05) is 24.3 Å². The van der Waals surface area contributed by atoms with Gasteiger partial charge in [-0.15, -0.1) is 0 Å². The predicted molar refractivity (Wildman–Crippen MR) is 77.1 cm³/mol. The lowest BCUT2D eigenvalue weighted by Gasteiger charge is -2.15. The summed E-state index contributed by atoms with van der Waals surface area (Å²) < 4.78 is 5.20. The minimum Gasteiger partial charge on any atom is -0.497 e. The number of hydrogen-bond acceptors (Lipinski definition) is 4. The molecule has 0 radical (unpaired) electrons. The zero-order valence-corrected chi connectivity index (χ0v) is 11.7. The highest BCUT2D eigenvalue weighted by atomic mass is 16.5. The molecule has 0 saturated carbocycles. The van der Waals surface area contributed by atoms with E-state index in [-0.39, 0.29) is 5.91 Å². The van der Waals surface area contributed by atoms with E-state index in [1.165, 1.54) is 6.20 Å². The van der Waals surface area contributed by atoms with Crippen molar-refractivity contribution in [3.63, 3.8) is 0 Å². The highest BCUT2D eigenvalue weighted by Crippen LogP contribution is 2.26. The number of β-amino-alcohol motifs (C(OH)–C–C–N with tert-alkyl or cyclic N) is 1. The van der Waals surface area contributed by atoms with Crippen LogP contribution in [0.15, 0.2) is 30.5 Å². The Morgan fingerprint density at radius 3 is 3.10 bits per heavy atom. The first-order valence-electron chi connectivity index (χ1n) is 6.84. The molecule has 2 heterocycles. The Morgan fingerprint density at radius 2 is 2.38 bits per heavy atom. The first-order chi connectivity index (χ1) is 10.2. The minimum atomic E-state index is -0.430. The molecule has 0 bridgehead atoms. The molecule has 1 aliphatic heterocycles. The zero-order chi connectivity index (χ0) is 14.8. The monoisotopic (exact) mass is 287 g/mol. The van der Waals surface area contributed by atoms with Crippen molar-refractivity contribution >= 4 is 5.91 Å². The summed E-state index contributed by atoms with van der Waals surface area (Å²) in [5.74, 6) is 0.607. The fourth-order valence-electron chi connectivity index (χ4n) is 2.54. The normalized spacial score (nSPS) is 18.0. The number of ether oxygens (including phenoxy) is 1. The van der Waals surface area contributed by atoms with E-state index in [0.29, 0.717) is 30.8 Å². The van der Waals surface area contributed by atoms with Crippen LogP contribution in [0.3, 0.4) is 0 Å². The van der Waals surface area contributed by atoms with E-state index in [9.17, 15) is 9.90 Å². The van der Waals surface area contributed by atoms with E-state index >= 15 is 0 Å². The largest absolute Gasteiger partial charge is 0.497 e. The zero-order valence-electron chi connectivity index (χ0n) is 11.7. The van der Waals surface area contributed by atoms with Crippen LogP contribution in [0.1, 0.15) is 16.8 Å². The van der Waals surface area contributed by atoms with Crippen LogP contribution in [-0.2, 0) is 0 Å². The molecule has 2 N–H and O–H groups in total. The molecular formula is C15H17N3O3. The molecule has 1 aromatic heterocycles. The third-order valence-electron chi connectivity index (χ3n) is 3.68. The maximum absolute atomic E-state index is 12.5. The van der Waals surface area contributed by atoms with Crippen LogP contribution < -0.4 is 4.74 Å². The molecule has 0 spiro atoms. The third kappa shape index (κ3) is 2.62. The van der Waals surface area contributed by atoms with E-state index in [1.54, 1.807) is 12.0 Å². The summed E-state index contributed by atoms with van der Waals surface area (Å²) >= 11 is 0. The number of carbonyl (C=O) groups is 1. The quantitative estimate of drug-likeness (QED) is 0.891.